The number of amides is 1. The van der Waals surface area contributed by atoms with Gasteiger partial charge in [0.15, 0.2) is 17.8 Å². The number of nitrogens with zero attached hydrogens (tertiary/aromatic N) is 5. The average Bonchev–Trinajstić information content (AvgIpc) is 2.93. The zero-order chi connectivity index (χ0) is 14.1. The summed E-state index contributed by atoms with van der Waals surface area (Å²) in [5.41, 5.74) is 5.42. The molecule has 0 radical (unpaired) electrons. The molecule has 1 saturated heterocycles. The molecule has 20 heavy (non-hydrogen) atoms. The van der Waals surface area contributed by atoms with Crippen LogP contribution < -0.4 is 11.1 Å². The molecule has 9 nitrogen and oxygen atoms in total. The van der Waals surface area contributed by atoms with Gasteiger partial charge in [0.1, 0.15) is 0 Å². The minimum Gasteiger partial charge on any atom is -0.365 e. The molecule has 0 aromatic heterocycles. The lowest BCUT2D eigenvalue weighted by molar-refractivity contribution is -0.144. The van der Waals surface area contributed by atoms with Crippen molar-refractivity contribution in [2.24, 2.45) is 10.2 Å². The van der Waals surface area contributed by atoms with Gasteiger partial charge in [-0.15, -0.1) is 15.7 Å². The lowest BCUT2D eigenvalue weighted by atomic mass is 10.2. The Morgan fingerprint density at radius 2 is 2.25 bits per heavy atom. The van der Waals surface area contributed by atoms with Crippen LogP contribution in [0, 0.1) is 0 Å². The third-order valence-electron chi connectivity index (χ3n) is 3.23. The van der Waals surface area contributed by atoms with Crippen LogP contribution in [0.25, 0.3) is 0 Å². The Balaban J connectivity index is 1.70. The van der Waals surface area contributed by atoms with Crippen LogP contribution in [0.4, 0.5) is 0 Å². The number of rotatable bonds is 1. The number of hydrogen-bond donors (Lipinski definition) is 2. The summed E-state index contributed by atoms with van der Waals surface area (Å²) in [4.78, 5) is 15.5. The summed E-state index contributed by atoms with van der Waals surface area (Å²) >= 11 is 0. The summed E-state index contributed by atoms with van der Waals surface area (Å²) in [5, 5.41) is 9.95. The van der Waals surface area contributed by atoms with E-state index in [1.807, 2.05) is 17.1 Å². The Hall–Kier alpha value is -2.13. The maximum Gasteiger partial charge on any atom is 0.253 e. The number of ether oxygens (including phenoxy) is 1. The molecular formula is C11H17N7O2. The maximum atomic E-state index is 12.0. The zero-order valence-electron chi connectivity index (χ0n) is 11.4. The highest BCUT2D eigenvalue weighted by Crippen LogP contribution is 2.12. The number of likely N-dealkylation sites (N-methyl/N-ethyl adjacent to an activating group) is 1. The summed E-state index contributed by atoms with van der Waals surface area (Å²) in [6, 6.07) is 0. The smallest absolute Gasteiger partial charge is 0.253 e. The van der Waals surface area contributed by atoms with E-state index in [0.717, 1.165) is 5.84 Å². The standard InChI is InChI=1S/C11H17N7O2/c1-16(2)11(19)8-7-17(5-6-20-8)10-4-3-9-12-14-15-18(9)13-10/h3-4,8,14-15H,5-7H2,1-2H3. The number of hydrazine groups is 2. The van der Waals surface area contributed by atoms with Crippen molar-refractivity contribution in [1.82, 2.24) is 26.0 Å². The van der Waals surface area contributed by atoms with Gasteiger partial charge in [-0.25, -0.2) is 5.53 Å². The molecule has 0 saturated carbocycles. The molecular weight excluding hydrogens is 262 g/mol. The minimum absolute atomic E-state index is 0.0293. The van der Waals surface area contributed by atoms with Gasteiger partial charge in [-0.2, -0.15) is 5.12 Å². The topological polar surface area (TPSA) is 84.8 Å². The lowest BCUT2D eigenvalue weighted by Crippen LogP contribution is -2.52. The van der Waals surface area contributed by atoms with Crippen LogP contribution in [-0.4, -0.2) is 72.4 Å². The largest absolute Gasteiger partial charge is 0.365 e. The average molecular weight is 279 g/mol. The van der Waals surface area contributed by atoms with E-state index in [0.29, 0.717) is 25.5 Å². The highest BCUT2D eigenvalue weighted by atomic mass is 16.5. The Morgan fingerprint density at radius 1 is 1.45 bits per heavy atom. The molecule has 0 aromatic rings. The number of morpholine rings is 1. The highest BCUT2D eigenvalue weighted by molar-refractivity contribution is 6.05. The summed E-state index contributed by atoms with van der Waals surface area (Å²) in [6.45, 7) is 1.70. The maximum absolute atomic E-state index is 12.0. The van der Waals surface area contributed by atoms with Crippen LogP contribution in [0.1, 0.15) is 0 Å². The van der Waals surface area contributed by atoms with Crippen LogP contribution in [0.3, 0.4) is 0 Å². The number of hydrazone groups is 2. The van der Waals surface area contributed by atoms with Crippen LogP contribution in [0.15, 0.2) is 22.4 Å². The van der Waals surface area contributed by atoms with Crippen molar-refractivity contribution in [3.8, 4) is 0 Å². The molecule has 9 heteroatoms. The number of nitrogens with one attached hydrogen (secondary N) is 2. The van der Waals surface area contributed by atoms with Gasteiger partial charge in [0.05, 0.1) is 13.2 Å². The first-order chi connectivity index (χ1) is 9.65. The van der Waals surface area contributed by atoms with Gasteiger partial charge < -0.3 is 14.5 Å². The molecule has 1 amide bonds. The normalized spacial score (nSPS) is 24.8. The van der Waals surface area contributed by atoms with Gasteiger partial charge in [0.25, 0.3) is 5.91 Å². The van der Waals surface area contributed by atoms with Gasteiger partial charge in [-0.1, -0.05) is 0 Å². The summed E-state index contributed by atoms with van der Waals surface area (Å²) in [6.07, 6.45) is 3.29. The zero-order valence-corrected chi connectivity index (χ0v) is 11.4. The molecule has 0 spiro atoms. The fourth-order valence-electron chi connectivity index (χ4n) is 2.17. The third kappa shape index (κ3) is 2.32. The number of hydrogen-bond acceptors (Lipinski definition) is 8. The summed E-state index contributed by atoms with van der Waals surface area (Å²) in [7, 11) is 3.45. The molecule has 1 atom stereocenters. The monoisotopic (exact) mass is 279 g/mol. The van der Waals surface area contributed by atoms with Crippen molar-refractivity contribution in [3.63, 3.8) is 0 Å². The van der Waals surface area contributed by atoms with E-state index < -0.39 is 6.10 Å². The van der Waals surface area contributed by atoms with Crippen molar-refractivity contribution in [2.75, 3.05) is 33.8 Å². The van der Waals surface area contributed by atoms with Gasteiger partial charge in [0.2, 0.25) is 0 Å². The van der Waals surface area contributed by atoms with E-state index in [1.54, 1.807) is 24.1 Å². The molecule has 3 aliphatic rings. The molecule has 3 aliphatic heterocycles. The van der Waals surface area contributed by atoms with Gasteiger partial charge >= 0.3 is 0 Å². The molecule has 0 aliphatic carbocycles. The number of carbonyl (C=O) groups excluding carboxylic acids is 1. The fraction of sp³-hybridized carbons (Fsp3) is 0.545. The van der Waals surface area contributed by atoms with E-state index in [4.69, 9.17) is 4.74 Å². The number of fused-ring (bicyclic) bond motifs is 1. The van der Waals surface area contributed by atoms with E-state index in [1.165, 1.54) is 0 Å². The van der Waals surface area contributed by atoms with Crippen LogP contribution >= 0.6 is 0 Å². The highest BCUT2D eigenvalue weighted by Gasteiger charge is 2.30. The molecule has 3 rings (SSSR count). The predicted octanol–water partition coefficient (Wildman–Crippen LogP) is -1.70. The molecule has 0 aromatic carbocycles. The molecule has 1 unspecified atom stereocenters. The Kier molecular flexibility index (Phi) is 3.28. The van der Waals surface area contributed by atoms with Gasteiger partial charge in [-0.05, 0) is 12.2 Å². The second kappa shape index (κ2) is 5.10. The fourth-order valence-corrected chi connectivity index (χ4v) is 2.17. The first-order valence-corrected chi connectivity index (χ1v) is 6.38. The Morgan fingerprint density at radius 3 is 3.05 bits per heavy atom. The SMILES string of the molecule is CN(C)C(=O)C1CN(C2=NN3NNN=C3C=C2)CCO1. The minimum atomic E-state index is -0.449. The van der Waals surface area contributed by atoms with Crippen molar-refractivity contribution < 1.29 is 9.53 Å². The lowest BCUT2D eigenvalue weighted by Gasteiger charge is -2.35. The molecule has 0 bridgehead atoms. The third-order valence-corrected chi connectivity index (χ3v) is 3.23. The van der Waals surface area contributed by atoms with Crippen LogP contribution in [-0.2, 0) is 9.53 Å². The Labute approximate surface area is 116 Å². The quantitative estimate of drug-likeness (QED) is 0.595. The van der Waals surface area contributed by atoms with Crippen molar-refractivity contribution in [2.45, 2.75) is 6.10 Å². The van der Waals surface area contributed by atoms with Crippen molar-refractivity contribution >= 4 is 17.6 Å². The van der Waals surface area contributed by atoms with E-state index in [2.05, 4.69) is 21.3 Å². The van der Waals surface area contributed by atoms with Crippen LogP contribution in [0.2, 0.25) is 0 Å². The molecule has 2 N–H and O–H groups in total. The first-order valence-electron chi connectivity index (χ1n) is 6.38. The first kappa shape index (κ1) is 12.9. The van der Waals surface area contributed by atoms with Gasteiger partial charge in [-0.3, -0.25) is 4.79 Å². The van der Waals surface area contributed by atoms with Gasteiger partial charge in [0, 0.05) is 20.6 Å². The predicted molar refractivity (Wildman–Crippen MR) is 72.1 cm³/mol. The van der Waals surface area contributed by atoms with E-state index in [9.17, 15) is 4.79 Å². The number of amidine groups is 2. The van der Waals surface area contributed by atoms with Crippen LogP contribution in [0.5, 0.6) is 0 Å². The summed E-state index contributed by atoms with van der Waals surface area (Å²) < 4.78 is 5.53. The second-order valence-electron chi connectivity index (χ2n) is 4.84. The molecule has 1 fully saturated rings. The molecule has 108 valence electrons. The summed E-state index contributed by atoms with van der Waals surface area (Å²) in [5.74, 6) is 1.45. The second-order valence-corrected chi connectivity index (χ2v) is 4.84. The van der Waals surface area contributed by atoms with E-state index in [-0.39, 0.29) is 5.91 Å². The number of carbonyl (C=O) groups is 1. The van der Waals surface area contributed by atoms with Crippen molar-refractivity contribution in [3.05, 3.63) is 12.2 Å². The van der Waals surface area contributed by atoms with Crippen molar-refractivity contribution in [1.29, 1.82) is 0 Å². The molecule has 3 heterocycles. The Bertz CT molecular complexity index is 499. The van der Waals surface area contributed by atoms with E-state index >= 15 is 0 Å².